The van der Waals surface area contributed by atoms with E-state index in [-0.39, 0.29) is 18.3 Å². The Balaban J connectivity index is 1.89. The van der Waals surface area contributed by atoms with E-state index in [9.17, 15) is 10.2 Å². The van der Waals surface area contributed by atoms with E-state index < -0.39 is 0 Å². The van der Waals surface area contributed by atoms with E-state index in [1.54, 1.807) is 18.2 Å². The fraction of sp³-hybridized carbons (Fsp3) is 0.538. The van der Waals surface area contributed by atoms with E-state index in [1.165, 1.54) is 0 Å². The molecule has 0 aliphatic carbocycles. The number of hydrogen-bond donors (Lipinski definition) is 3. The Morgan fingerprint density at radius 1 is 1.41 bits per heavy atom. The van der Waals surface area contributed by atoms with Gasteiger partial charge in [-0.1, -0.05) is 12.1 Å². The molecule has 1 fully saturated rings. The normalized spacial score (nSPS) is 21.4. The number of benzene rings is 1. The summed E-state index contributed by atoms with van der Waals surface area (Å²) in [6.07, 6.45) is 1.08. The molecule has 2 rings (SSSR count). The first-order valence-electron chi connectivity index (χ1n) is 6.03. The number of aliphatic hydroxyl groups excluding tert-OH is 1. The molecular weight excluding hydrogens is 218 g/mol. The molecule has 1 aromatic rings. The Morgan fingerprint density at radius 3 is 2.88 bits per heavy atom. The van der Waals surface area contributed by atoms with Gasteiger partial charge in [-0.05, 0) is 37.6 Å². The van der Waals surface area contributed by atoms with Gasteiger partial charge in [0.15, 0.2) is 11.5 Å². The van der Waals surface area contributed by atoms with Crippen molar-refractivity contribution in [2.24, 2.45) is 11.8 Å². The van der Waals surface area contributed by atoms with Gasteiger partial charge in [-0.2, -0.15) is 0 Å². The van der Waals surface area contributed by atoms with Gasteiger partial charge in [-0.3, -0.25) is 0 Å². The molecule has 0 aromatic heterocycles. The lowest BCUT2D eigenvalue weighted by molar-refractivity contribution is 0.122. The lowest BCUT2D eigenvalue weighted by Gasteiger charge is -2.21. The Hall–Kier alpha value is -1.26. The summed E-state index contributed by atoms with van der Waals surface area (Å²) in [5.74, 6) is 1.22. The molecule has 1 aliphatic rings. The number of nitrogens with one attached hydrogen (secondary N) is 1. The van der Waals surface area contributed by atoms with Crippen LogP contribution in [0, 0.1) is 11.8 Å². The van der Waals surface area contributed by atoms with E-state index in [2.05, 4.69) is 5.32 Å². The number of rotatable bonds is 5. The van der Waals surface area contributed by atoms with Crippen molar-refractivity contribution in [3.8, 4) is 11.5 Å². The minimum absolute atomic E-state index is 0.125. The molecule has 0 radical (unpaired) electrons. The number of ether oxygens (including phenoxy) is 1. The Bertz CT molecular complexity index is 350. The highest BCUT2D eigenvalue weighted by Crippen LogP contribution is 2.26. The largest absolute Gasteiger partial charge is 0.504 e. The van der Waals surface area contributed by atoms with E-state index >= 15 is 0 Å². The lowest BCUT2D eigenvalue weighted by atomic mass is 9.93. The Morgan fingerprint density at radius 2 is 2.24 bits per heavy atom. The van der Waals surface area contributed by atoms with Gasteiger partial charge in [0.2, 0.25) is 0 Å². The zero-order chi connectivity index (χ0) is 12.1. The zero-order valence-corrected chi connectivity index (χ0v) is 9.80. The molecule has 1 saturated heterocycles. The Kier molecular flexibility index (Phi) is 4.23. The minimum Gasteiger partial charge on any atom is -0.504 e. The van der Waals surface area contributed by atoms with Crippen molar-refractivity contribution >= 4 is 0 Å². The van der Waals surface area contributed by atoms with Gasteiger partial charge in [0.25, 0.3) is 0 Å². The molecule has 3 N–H and O–H groups in total. The molecule has 2 atom stereocenters. The van der Waals surface area contributed by atoms with Gasteiger partial charge in [0, 0.05) is 12.5 Å². The van der Waals surface area contributed by atoms with Gasteiger partial charge in [0.1, 0.15) is 0 Å². The van der Waals surface area contributed by atoms with Gasteiger partial charge in [-0.15, -0.1) is 0 Å². The summed E-state index contributed by atoms with van der Waals surface area (Å²) in [5, 5.41) is 22.2. The van der Waals surface area contributed by atoms with E-state index in [0.717, 1.165) is 19.5 Å². The number of para-hydroxylation sites is 2. The van der Waals surface area contributed by atoms with Crippen molar-refractivity contribution in [2.75, 3.05) is 26.3 Å². The quantitative estimate of drug-likeness (QED) is 0.714. The molecule has 17 heavy (non-hydrogen) atoms. The number of aliphatic hydroxyl groups is 1. The molecular formula is C13H19NO3. The third kappa shape index (κ3) is 3.11. The topological polar surface area (TPSA) is 61.7 Å². The Labute approximate surface area is 101 Å². The standard InChI is InChI=1S/C13H19NO3/c15-8-11(10-5-6-14-7-10)9-17-13-4-2-1-3-12(13)16/h1-4,10-11,14-16H,5-9H2. The van der Waals surface area contributed by atoms with Crippen LogP contribution in [0.5, 0.6) is 11.5 Å². The number of phenols is 1. The van der Waals surface area contributed by atoms with Crippen LogP contribution in [-0.2, 0) is 0 Å². The van der Waals surface area contributed by atoms with Crippen LogP contribution < -0.4 is 10.1 Å². The smallest absolute Gasteiger partial charge is 0.160 e. The maximum Gasteiger partial charge on any atom is 0.160 e. The van der Waals surface area contributed by atoms with Gasteiger partial charge >= 0.3 is 0 Å². The third-order valence-electron chi connectivity index (χ3n) is 3.32. The highest BCUT2D eigenvalue weighted by atomic mass is 16.5. The molecule has 1 aliphatic heterocycles. The van der Waals surface area contributed by atoms with E-state index in [4.69, 9.17) is 4.74 Å². The van der Waals surface area contributed by atoms with Crippen molar-refractivity contribution in [1.29, 1.82) is 0 Å². The van der Waals surface area contributed by atoms with Crippen LogP contribution in [0.2, 0.25) is 0 Å². The molecule has 1 aromatic carbocycles. The van der Waals surface area contributed by atoms with Crippen LogP contribution in [0.1, 0.15) is 6.42 Å². The summed E-state index contributed by atoms with van der Waals surface area (Å²) in [4.78, 5) is 0. The monoisotopic (exact) mass is 237 g/mol. The van der Waals surface area contributed by atoms with Crippen molar-refractivity contribution in [3.63, 3.8) is 0 Å². The summed E-state index contributed by atoms with van der Waals surface area (Å²) < 4.78 is 5.56. The fourth-order valence-electron chi connectivity index (χ4n) is 2.19. The highest BCUT2D eigenvalue weighted by Gasteiger charge is 2.24. The maximum absolute atomic E-state index is 9.56. The molecule has 1 heterocycles. The summed E-state index contributed by atoms with van der Waals surface area (Å²) >= 11 is 0. The van der Waals surface area contributed by atoms with Gasteiger partial charge in [-0.25, -0.2) is 0 Å². The number of hydrogen-bond acceptors (Lipinski definition) is 4. The second-order valence-electron chi connectivity index (χ2n) is 4.47. The molecule has 4 nitrogen and oxygen atoms in total. The first-order chi connectivity index (χ1) is 8.31. The lowest BCUT2D eigenvalue weighted by Crippen LogP contribution is -2.26. The van der Waals surface area contributed by atoms with Crippen LogP contribution >= 0.6 is 0 Å². The second kappa shape index (κ2) is 5.89. The molecule has 0 saturated carbocycles. The van der Waals surface area contributed by atoms with Crippen molar-refractivity contribution in [1.82, 2.24) is 5.32 Å². The second-order valence-corrected chi connectivity index (χ2v) is 4.47. The first-order valence-corrected chi connectivity index (χ1v) is 6.03. The molecule has 4 heteroatoms. The predicted octanol–water partition coefficient (Wildman–Crippen LogP) is 0.989. The van der Waals surface area contributed by atoms with Crippen LogP contribution in [0.3, 0.4) is 0 Å². The minimum atomic E-state index is 0.125. The summed E-state index contributed by atoms with van der Waals surface area (Å²) in [5.41, 5.74) is 0. The van der Waals surface area contributed by atoms with Crippen LogP contribution in [0.15, 0.2) is 24.3 Å². The van der Waals surface area contributed by atoms with Gasteiger partial charge in [0.05, 0.1) is 6.61 Å². The summed E-state index contributed by atoms with van der Waals surface area (Å²) in [7, 11) is 0. The molecule has 2 unspecified atom stereocenters. The molecule has 0 spiro atoms. The van der Waals surface area contributed by atoms with Crippen LogP contribution in [0.4, 0.5) is 0 Å². The number of aromatic hydroxyl groups is 1. The van der Waals surface area contributed by atoms with E-state index in [1.807, 2.05) is 6.07 Å². The zero-order valence-electron chi connectivity index (χ0n) is 9.80. The number of phenolic OH excluding ortho intramolecular Hbond substituents is 1. The van der Waals surface area contributed by atoms with Crippen LogP contribution in [0.25, 0.3) is 0 Å². The van der Waals surface area contributed by atoms with Gasteiger partial charge < -0.3 is 20.3 Å². The average molecular weight is 237 g/mol. The van der Waals surface area contributed by atoms with Crippen molar-refractivity contribution in [2.45, 2.75) is 6.42 Å². The SMILES string of the molecule is OCC(COc1ccccc1O)C1CCNC1. The van der Waals surface area contributed by atoms with Crippen LogP contribution in [-0.4, -0.2) is 36.5 Å². The van der Waals surface area contributed by atoms with E-state index in [0.29, 0.717) is 18.3 Å². The third-order valence-corrected chi connectivity index (χ3v) is 3.32. The van der Waals surface area contributed by atoms with Crippen molar-refractivity contribution < 1.29 is 14.9 Å². The highest BCUT2D eigenvalue weighted by molar-refractivity contribution is 5.37. The summed E-state index contributed by atoms with van der Waals surface area (Å²) in [6.45, 7) is 2.52. The average Bonchev–Trinajstić information content (AvgIpc) is 2.86. The fourth-order valence-corrected chi connectivity index (χ4v) is 2.19. The molecule has 0 amide bonds. The maximum atomic E-state index is 9.56. The van der Waals surface area contributed by atoms with Crippen molar-refractivity contribution in [3.05, 3.63) is 24.3 Å². The molecule has 94 valence electrons. The first kappa shape index (κ1) is 12.2. The molecule has 0 bridgehead atoms. The summed E-state index contributed by atoms with van der Waals surface area (Å²) in [6, 6.07) is 6.91. The predicted molar refractivity (Wildman–Crippen MR) is 65.2 cm³/mol.